The summed E-state index contributed by atoms with van der Waals surface area (Å²) in [7, 11) is 0. The molecule has 3 aromatic rings. The van der Waals surface area contributed by atoms with Crippen LogP contribution in [-0.4, -0.2) is 50.1 Å². The second kappa shape index (κ2) is 13.3. The number of aromatic amines is 1. The molecule has 234 valence electrons. The maximum Gasteiger partial charge on any atom is 0.311 e. The number of aromatic nitrogens is 2. The summed E-state index contributed by atoms with van der Waals surface area (Å²) >= 11 is 6.16. The molecule has 0 spiro atoms. The molecule has 0 unspecified atom stereocenters. The first kappa shape index (κ1) is 32.9. The van der Waals surface area contributed by atoms with Gasteiger partial charge in [-0.3, -0.25) is 19.2 Å². The van der Waals surface area contributed by atoms with Gasteiger partial charge in [0.15, 0.2) is 0 Å². The second-order valence-corrected chi connectivity index (χ2v) is 12.0. The Morgan fingerprint density at radius 2 is 1.82 bits per heavy atom. The third-order valence-electron chi connectivity index (χ3n) is 8.95. The van der Waals surface area contributed by atoms with Crippen molar-refractivity contribution in [2.75, 3.05) is 0 Å². The van der Waals surface area contributed by atoms with Gasteiger partial charge in [-0.2, -0.15) is 5.10 Å². The van der Waals surface area contributed by atoms with E-state index < -0.39 is 47.1 Å². The van der Waals surface area contributed by atoms with E-state index in [1.807, 2.05) is 6.92 Å². The molecule has 4 rings (SSSR count). The zero-order chi connectivity index (χ0) is 32.3. The average molecular weight is 625 g/mol. The fourth-order valence-electron chi connectivity index (χ4n) is 6.42. The zero-order valence-electron chi connectivity index (χ0n) is 25.5. The van der Waals surface area contributed by atoms with Crippen molar-refractivity contribution < 1.29 is 23.9 Å². The molecule has 2 amide bonds. The predicted octanol–water partition coefficient (Wildman–Crippen LogP) is 5.51. The van der Waals surface area contributed by atoms with Crippen molar-refractivity contribution in [3.8, 4) is 0 Å². The first-order valence-corrected chi connectivity index (χ1v) is 15.2. The third kappa shape index (κ3) is 6.55. The number of carbonyl (C=O) groups is 3. The number of rotatable bonds is 10. The van der Waals surface area contributed by atoms with Crippen LogP contribution in [0.5, 0.6) is 0 Å². The smallest absolute Gasteiger partial charge is 0.311 e. The Labute approximate surface area is 260 Å². The van der Waals surface area contributed by atoms with Crippen LogP contribution in [0.15, 0.2) is 47.3 Å². The molecular weight excluding hydrogens is 587 g/mol. The molecule has 3 atom stereocenters. The largest absolute Gasteiger partial charge is 0.481 e. The highest BCUT2D eigenvalue weighted by molar-refractivity contribution is 6.30. The Kier molecular flexibility index (Phi) is 9.93. The normalized spacial score (nSPS) is 17.4. The SMILES string of the molecule is CCC(CC)(C(=O)O)[C@H]1CC[C@@H](c2cc(F)cc(Cl)c2)N1C(=O)[C@@H](C)NC(=O)c1ccc(Cc2cc(C)n[nH]c2=O)c(C)c1. The van der Waals surface area contributed by atoms with Gasteiger partial charge in [-0.05, 0) is 99.5 Å². The van der Waals surface area contributed by atoms with Gasteiger partial charge in [0.2, 0.25) is 5.91 Å². The van der Waals surface area contributed by atoms with E-state index in [0.717, 1.165) is 11.1 Å². The van der Waals surface area contributed by atoms with Crippen LogP contribution in [-0.2, 0) is 16.0 Å². The highest BCUT2D eigenvalue weighted by Crippen LogP contribution is 2.47. The fourth-order valence-corrected chi connectivity index (χ4v) is 6.65. The number of hydrogen-bond donors (Lipinski definition) is 3. The second-order valence-electron chi connectivity index (χ2n) is 11.6. The van der Waals surface area contributed by atoms with E-state index in [1.54, 1.807) is 58.0 Å². The third-order valence-corrected chi connectivity index (χ3v) is 9.17. The molecule has 11 heteroatoms. The van der Waals surface area contributed by atoms with Crippen molar-refractivity contribution in [2.45, 2.75) is 84.8 Å². The summed E-state index contributed by atoms with van der Waals surface area (Å²) in [6.07, 6.45) is 1.78. The van der Waals surface area contributed by atoms with E-state index in [-0.39, 0.29) is 10.6 Å². The van der Waals surface area contributed by atoms with E-state index >= 15 is 0 Å². The summed E-state index contributed by atoms with van der Waals surface area (Å²) in [5.41, 5.74) is 2.22. The number of amides is 2. The van der Waals surface area contributed by atoms with Gasteiger partial charge in [-0.25, -0.2) is 9.49 Å². The summed E-state index contributed by atoms with van der Waals surface area (Å²) < 4.78 is 14.4. The number of carboxylic acid groups (broad SMARTS) is 1. The lowest BCUT2D eigenvalue weighted by molar-refractivity contribution is -0.157. The molecule has 0 aliphatic carbocycles. The number of aryl methyl sites for hydroxylation is 2. The number of likely N-dealkylation sites (tertiary alicyclic amines) is 1. The lowest BCUT2D eigenvalue weighted by Gasteiger charge is -2.42. The molecule has 1 saturated heterocycles. The lowest BCUT2D eigenvalue weighted by Crippen LogP contribution is -2.55. The van der Waals surface area contributed by atoms with Gasteiger partial charge in [0.25, 0.3) is 11.5 Å². The Hall–Kier alpha value is -4.05. The first-order chi connectivity index (χ1) is 20.8. The number of benzene rings is 2. The molecular formula is C33H38ClFN4O5. The van der Waals surface area contributed by atoms with Gasteiger partial charge in [0.1, 0.15) is 11.9 Å². The van der Waals surface area contributed by atoms with Crippen LogP contribution in [0.1, 0.15) is 90.8 Å². The van der Waals surface area contributed by atoms with Gasteiger partial charge in [0, 0.05) is 28.6 Å². The molecule has 9 nitrogen and oxygen atoms in total. The standard InChI is InChI=1S/C33H38ClFN4O5/c1-6-33(7-2,32(43)44)28-11-10-27(23-15-25(34)17-26(35)16-23)39(28)31(42)20(5)36-29(40)22-9-8-21(18(3)12-22)14-24-13-19(4)37-38-30(24)41/h8-9,12-13,15-17,20,27-28H,6-7,10-11,14H2,1-5H3,(H,36,40)(H,38,41)(H,43,44)/t20-,27+,28-/m1/s1. The number of H-pyrrole nitrogens is 1. The molecule has 0 radical (unpaired) electrons. The molecule has 0 saturated carbocycles. The van der Waals surface area contributed by atoms with Gasteiger partial charge >= 0.3 is 5.97 Å². The molecule has 44 heavy (non-hydrogen) atoms. The molecule has 3 N–H and O–H groups in total. The van der Waals surface area contributed by atoms with Gasteiger partial charge in [0.05, 0.1) is 17.2 Å². The van der Waals surface area contributed by atoms with Gasteiger partial charge in [-0.1, -0.05) is 31.5 Å². The fraction of sp³-hybridized carbons (Fsp3) is 0.424. The van der Waals surface area contributed by atoms with Crippen LogP contribution in [0.4, 0.5) is 4.39 Å². The van der Waals surface area contributed by atoms with Crippen molar-refractivity contribution >= 4 is 29.4 Å². The quantitative estimate of drug-likeness (QED) is 0.272. The van der Waals surface area contributed by atoms with Crippen LogP contribution < -0.4 is 10.9 Å². The number of nitrogens with zero attached hydrogens (tertiary/aromatic N) is 2. The van der Waals surface area contributed by atoms with E-state index in [1.165, 1.54) is 17.0 Å². The van der Waals surface area contributed by atoms with E-state index in [9.17, 15) is 28.7 Å². The Bertz CT molecular complexity index is 1620. The van der Waals surface area contributed by atoms with Crippen LogP contribution in [0.2, 0.25) is 5.02 Å². The molecule has 1 aliphatic heterocycles. The number of halogens is 2. The minimum atomic E-state index is -1.22. The van der Waals surface area contributed by atoms with E-state index in [4.69, 9.17) is 11.6 Å². The maximum atomic E-state index is 14.4. The molecule has 2 aromatic carbocycles. The summed E-state index contributed by atoms with van der Waals surface area (Å²) in [6.45, 7) is 8.76. The lowest BCUT2D eigenvalue weighted by atomic mass is 9.74. The number of carbonyl (C=O) groups excluding carboxylic acids is 2. The zero-order valence-corrected chi connectivity index (χ0v) is 26.3. The van der Waals surface area contributed by atoms with E-state index in [0.29, 0.717) is 54.5 Å². The number of aliphatic carboxylic acids is 1. The molecule has 0 bridgehead atoms. The van der Waals surface area contributed by atoms with Crippen LogP contribution in [0, 0.1) is 25.1 Å². The first-order valence-electron chi connectivity index (χ1n) is 14.8. The summed E-state index contributed by atoms with van der Waals surface area (Å²) in [5, 5.41) is 19.7. The van der Waals surface area contributed by atoms with Crippen molar-refractivity contribution in [3.63, 3.8) is 0 Å². The van der Waals surface area contributed by atoms with Crippen LogP contribution in [0.3, 0.4) is 0 Å². The highest BCUT2D eigenvalue weighted by Gasteiger charge is 2.52. The monoisotopic (exact) mass is 624 g/mol. The minimum Gasteiger partial charge on any atom is -0.481 e. The molecule has 2 heterocycles. The number of hydrogen-bond acceptors (Lipinski definition) is 5. The van der Waals surface area contributed by atoms with Crippen molar-refractivity contribution in [1.82, 2.24) is 20.4 Å². The van der Waals surface area contributed by atoms with Gasteiger partial charge in [-0.15, -0.1) is 0 Å². The predicted molar refractivity (Wildman–Crippen MR) is 165 cm³/mol. The van der Waals surface area contributed by atoms with Crippen LogP contribution >= 0.6 is 11.6 Å². The molecule has 1 aromatic heterocycles. The topological polar surface area (TPSA) is 132 Å². The van der Waals surface area contributed by atoms with Crippen molar-refractivity contribution in [3.05, 3.63) is 97.2 Å². The Balaban J connectivity index is 1.60. The van der Waals surface area contributed by atoms with Crippen molar-refractivity contribution in [2.24, 2.45) is 5.41 Å². The summed E-state index contributed by atoms with van der Waals surface area (Å²) in [6, 6.07) is 8.62. The average Bonchev–Trinajstić information content (AvgIpc) is 3.41. The summed E-state index contributed by atoms with van der Waals surface area (Å²) in [4.78, 5) is 53.8. The highest BCUT2D eigenvalue weighted by atomic mass is 35.5. The molecule has 1 aliphatic rings. The number of nitrogens with one attached hydrogen (secondary N) is 2. The Morgan fingerprint density at radius 1 is 1.11 bits per heavy atom. The van der Waals surface area contributed by atoms with Crippen molar-refractivity contribution in [1.29, 1.82) is 0 Å². The maximum absolute atomic E-state index is 14.4. The minimum absolute atomic E-state index is 0.176. The number of carboxylic acids is 1. The van der Waals surface area contributed by atoms with Crippen LogP contribution in [0.25, 0.3) is 0 Å². The van der Waals surface area contributed by atoms with Gasteiger partial charge < -0.3 is 15.3 Å². The molecule has 1 fully saturated rings. The summed E-state index contributed by atoms with van der Waals surface area (Å²) in [5.74, 6) is -2.49. The Morgan fingerprint density at radius 3 is 2.43 bits per heavy atom. The van der Waals surface area contributed by atoms with E-state index in [2.05, 4.69) is 15.5 Å².